The second kappa shape index (κ2) is 10.9. The molecule has 3 aromatic rings. The fourth-order valence-electron chi connectivity index (χ4n) is 3.68. The number of methoxy groups -OCH3 is 1. The van der Waals surface area contributed by atoms with E-state index in [2.05, 4.69) is 10.6 Å². The topological polar surface area (TPSA) is 130 Å². The smallest absolute Gasteiger partial charge is 0.259 e. The summed E-state index contributed by atoms with van der Waals surface area (Å²) < 4.78 is 22.3. The number of nitrogens with one attached hydrogen (secondary N) is 1. The third-order valence-corrected chi connectivity index (χ3v) is 5.44. The molecule has 11 heteroatoms. The van der Waals surface area contributed by atoms with E-state index in [0.29, 0.717) is 29.5 Å². The SMILES string of the molecule is CCOc1ccc(NC(=O)CC2OCCN(Cc3c([O-])on[n+]3-c3ccc(OC)cc3)C2=O)cc1. The molecular weight excluding hydrogens is 456 g/mol. The number of ether oxygens (including phenoxy) is 3. The number of nitrogens with zero attached hydrogens (tertiary/aromatic N) is 3. The first kappa shape index (κ1) is 24.0. The Labute approximate surface area is 201 Å². The van der Waals surface area contributed by atoms with Crippen molar-refractivity contribution in [1.82, 2.24) is 10.2 Å². The summed E-state index contributed by atoms with van der Waals surface area (Å²) in [4.78, 5) is 27.0. The maximum absolute atomic E-state index is 13.0. The van der Waals surface area contributed by atoms with Crippen LogP contribution in [0.3, 0.4) is 0 Å². The highest BCUT2D eigenvalue weighted by Crippen LogP contribution is 2.20. The van der Waals surface area contributed by atoms with Crippen molar-refractivity contribution in [2.75, 3.05) is 32.2 Å². The average Bonchev–Trinajstić information content (AvgIpc) is 3.23. The van der Waals surface area contributed by atoms with Crippen molar-refractivity contribution in [3.8, 4) is 23.1 Å². The average molecular weight is 482 g/mol. The van der Waals surface area contributed by atoms with Crippen molar-refractivity contribution >= 4 is 17.5 Å². The third-order valence-electron chi connectivity index (χ3n) is 5.44. The van der Waals surface area contributed by atoms with E-state index in [1.165, 1.54) is 9.58 Å². The molecular formula is C24H26N4O7. The van der Waals surface area contributed by atoms with Gasteiger partial charge in [-0.1, -0.05) is 0 Å². The number of amides is 2. The largest absolute Gasteiger partial charge is 0.539 e. The van der Waals surface area contributed by atoms with E-state index in [1.807, 2.05) is 6.92 Å². The van der Waals surface area contributed by atoms with Gasteiger partial charge in [0, 0.05) is 24.4 Å². The molecule has 4 rings (SSSR count). The van der Waals surface area contributed by atoms with Crippen LogP contribution < -0.4 is 24.6 Å². The molecule has 1 aromatic heterocycles. The lowest BCUT2D eigenvalue weighted by atomic mass is 10.1. The standard InChI is InChI=1S/C24H26N4O7/c1-3-33-19-8-4-16(5-9-19)25-22(29)14-21-23(30)27(12-13-34-21)15-20-24(31)35-26-28(20)17-6-10-18(32-2)11-7-17/h4-11,21H,3,12-15H2,1-2H3,(H-,25,26,29,31). The van der Waals surface area contributed by atoms with Crippen LogP contribution in [0.2, 0.25) is 0 Å². The Morgan fingerprint density at radius 2 is 1.91 bits per heavy atom. The minimum atomic E-state index is -0.962. The summed E-state index contributed by atoms with van der Waals surface area (Å²) in [6, 6.07) is 13.8. The van der Waals surface area contributed by atoms with Gasteiger partial charge in [0.1, 0.15) is 24.1 Å². The molecule has 184 valence electrons. The first-order valence-corrected chi connectivity index (χ1v) is 11.1. The Morgan fingerprint density at radius 1 is 1.20 bits per heavy atom. The summed E-state index contributed by atoms with van der Waals surface area (Å²) in [7, 11) is 1.55. The van der Waals surface area contributed by atoms with Gasteiger partial charge in [0.2, 0.25) is 11.6 Å². The van der Waals surface area contributed by atoms with Crippen LogP contribution in [0.15, 0.2) is 53.1 Å². The van der Waals surface area contributed by atoms with Crippen LogP contribution in [0.5, 0.6) is 17.4 Å². The molecule has 1 unspecified atom stereocenters. The van der Waals surface area contributed by atoms with Gasteiger partial charge >= 0.3 is 0 Å². The summed E-state index contributed by atoms with van der Waals surface area (Å²) in [6.45, 7) is 2.90. The maximum Gasteiger partial charge on any atom is 0.259 e. The van der Waals surface area contributed by atoms with Gasteiger partial charge in [0.15, 0.2) is 5.95 Å². The lowest BCUT2D eigenvalue weighted by molar-refractivity contribution is -0.678. The van der Waals surface area contributed by atoms with Gasteiger partial charge in [-0.2, -0.15) is 0 Å². The minimum Gasteiger partial charge on any atom is -0.539 e. The van der Waals surface area contributed by atoms with Crippen LogP contribution in [0, 0.1) is 0 Å². The zero-order valence-electron chi connectivity index (χ0n) is 19.4. The summed E-state index contributed by atoms with van der Waals surface area (Å²) in [6.07, 6.45) is -1.12. The number of aromatic nitrogens is 2. The zero-order chi connectivity index (χ0) is 24.8. The fraction of sp³-hybridized carbons (Fsp3) is 0.333. The second-order valence-corrected chi connectivity index (χ2v) is 7.75. The Kier molecular flexibility index (Phi) is 7.46. The predicted molar refractivity (Wildman–Crippen MR) is 120 cm³/mol. The van der Waals surface area contributed by atoms with Crippen molar-refractivity contribution in [1.29, 1.82) is 0 Å². The van der Waals surface area contributed by atoms with E-state index < -0.39 is 12.1 Å². The van der Waals surface area contributed by atoms with Gasteiger partial charge in [0.25, 0.3) is 11.6 Å². The molecule has 1 N–H and O–H groups in total. The van der Waals surface area contributed by atoms with E-state index in [4.69, 9.17) is 18.7 Å². The molecule has 35 heavy (non-hydrogen) atoms. The lowest BCUT2D eigenvalue weighted by Crippen LogP contribution is -2.50. The normalized spacial score (nSPS) is 15.7. The molecule has 0 radical (unpaired) electrons. The van der Waals surface area contributed by atoms with E-state index in [9.17, 15) is 14.7 Å². The highest BCUT2D eigenvalue weighted by molar-refractivity contribution is 5.95. The molecule has 0 bridgehead atoms. The van der Waals surface area contributed by atoms with Crippen molar-refractivity contribution in [3.63, 3.8) is 0 Å². The highest BCUT2D eigenvalue weighted by Gasteiger charge is 2.34. The highest BCUT2D eigenvalue weighted by atomic mass is 16.6. The quantitative estimate of drug-likeness (QED) is 0.450. The Bertz CT molecular complexity index is 1160. The number of rotatable bonds is 9. The van der Waals surface area contributed by atoms with Crippen molar-refractivity contribution in [2.45, 2.75) is 26.0 Å². The number of anilines is 1. The number of carbonyl (C=O) groups is 2. The molecule has 1 saturated heterocycles. The first-order chi connectivity index (χ1) is 17.0. The van der Waals surface area contributed by atoms with Gasteiger partial charge in [-0.3, -0.25) is 9.59 Å². The van der Waals surface area contributed by atoms with E-state index >= 15 is 0 Å². The van der Waals surface area contributed by atoms with E-state index in [-0.39, 0.29) is 43.6 Å². The van der Waals surface area contributed by atoms with Crippen molar-refractivity contribution in [2.24, 2.45) is 0 Å². The van der Waals surface area contributed by atoms with E-state index in [1.54, 1.807) is 55.6 Å². The molecule has 2 amide bonds. The third kappa shape index (κ3) is 5.69. The first-order valence-electron chi connectivity index (χ1n) is 11.1. The van der Waals surface area contributed by atoms with Crippen molar-refractivity contribution < 1.29 is 38.1 Å². The van der Waals surface area contributed by atoms with Crippen LogP contribution in [0.1, 0.15) is 19.0 Å². The second-order valence-electron chi connectivity index (χ2n) is 7.75. The minimum absolute atomic E-state index is 0.0342. The molecule has 0 saturated carbocycles. The Hall–Kier alpha value is -4.12. The number of carbonyl (C=O) groups excluding carboxylic acids is 2. The maximum atomic E-state index is 13.0. The molecule has 0 aliphatic carbocycles. The Balaban J connectivity index is 1.40. The summed E-state index contributed by atoms with van der Waals surface area (Å²) >= 11 is 0. The molecule has 1 aliphatic rings. The van der Waals surface area contributed by atoms with Gasteiger partial charge < -0.3 is 34.1 Å². The molecule has 2 heterocycles. The summed E-state index contributed by atoms with van der Waals surface area (Å²) in [5.74, 6) is -0.0521. The monoisotopic (exact) mass is 482 g/mol. The molecule has 1 aliphatic heterocycles. The van der Waals surface area contributed by atoms with Gasteiger partial charge in [-0.05, 0) is 48.0 Å². The van der Waals surface area contributed by atoms with E-state index in [0.717, 1.165) is 0 Å². The number of hydrogen-bond acceptors (Lipinski definition) is 8. The van der Waals surface area contributed by atoms with Crippen LogP contribution in [-0.2, 0) is 20.9 Å². The van der Waals surface area contributed by atoms with Crippen LogP contribution in [0.25, 0.3) is 5.69 Å². The lowest BCUT2D eigenvalue weighted by Gasteiger charge is -2.31. The van der Waals surface area contributed by atoms with Crippen LogP contribution >= 0.6 is 0 Å². The molecule has 2 aromatic carbocycles. The van der Waals surface area contributed by atoms with Crippen LogP contribution in [0.4, 0.5) is 5.69 Å². The van der Waals surface area contributed by atoms with Gasteiger partial charge in [-0.15, -0.1) is 0 Å². The predicted octanol–water partition coefficient (Wildman–Crippen LogP) is 1.19. The zero-order valence-corrected chi connectivity index (χ0v) is 19.4. The number of hydrogen-bond donors (Lipinski definition) is 1. The fourth-order valence-corrected chi connectivity index (χ4v) is 3.68. The molecule has 1 fully saturated rings. The molecule has 0 spiro atoms. The number of benzene rings is 2. The van der Waals surface area contributed by atoms with Crippen LogP contribution in [-0.4, -0.2) is 55.0 Å². The molecule has 11 nitrogen and oxygen atoms in total. The van der Waals surface area contributed by atoms with Gasteiger partial charge in [0.05, 0.1) is 32.0 Å². The summed E-state index contributed by atoms with van der Waals surface area (Å²) in [5, 5.41) is 18.9. The van der Waals surface area contributed by atoms with Crippen molar-refractivity contribution in [3.05, 3.63) is 54.2 Å². The summed E-state index contributed by atoms with van der Waals surface area (Å²) in [5.41, 5.74) is 1.35. The van der Waals surface area contributed by atoms with Gasteiger partial charge in [-0.25, -0.2) is 0 Å². The molecule has 1 atom stereocenters. The number of morpholine rings is 1. The Morgan fingerprint density at radius 3 is 2.60 bits per heavy atom.